The molecule has 2 aromatic rings. The standard InChI is InChI=1S/C18H17FN2/c19-17-7-5-15(6-8-17)16(12-20)11-14-9-10-21(13-14)18-3-1-2-4-18/h5-11,13,18H,1-4H2/b16-11+. The van der Waals surface area contributed by atoms with E-state index < -0.39 is 0 Å². The van der Waals surface area contributed by atoms with E-state index in [1.807, 2.05) is 12.1 Å². The fourth-order valence-corrected chi connectivity index (χ4v) is 2.92. The summed E-state index contributed by atoms with van der Waals surface area (Å²) in [6.07, 6.45) is 11.1. The van der Waals surface area contributed by atoms with Crippen molar-refractivity contribution in [3.05, 3.63) is 59.7 Å². The average molecular weight is 280 g/mol. The van der Waals surface area contributed by atoms with Crippen LogP contribution in [0.3, 0.4) is 0 Å². The second kappa shape index (κ2) is 5.97. The van der Waals surface area contributed by atoms with Gasteiger partial charge in [0.05, 0.1) is 11.6 Å². The van der Waals surface area contributed by atoms with Gasteiger partial charge < -0.3 is 4.57 Å². The van der Waals surface area contributed by atoms with Crippen LogP contribution < -0.4 is 0 Å². The number of rotatable bonds is 3. The molecule has 2 nitrogen and oxygen atoms in total. The Morgan fingerprint density at radius 1 is 1.19 bits per heavy atom. The third-order valence-corrected chi connectivity index (χ3v) is 4.07. The topological polar surface area (TPSA) is 28.7 Å². The van der Waals surface area contributed by atoms with Crippen molar-refractivity contribution < 1.29 is 4.39 Å². The van der Waals surface area contributed by atoms with Crippen LogP contribution in [0.2, 0.25) is 0 Å². The van der Waals surface area contributed by atoms with Crippen LogP contribution in [0.15, 0.2) is 42.7 Å². The highest BCUT2D eigenvalue weighted by atomic mass is 19.1. The van der Waals surface area contributed by atoms with E-state index in [1.54, 1.807) is 12.1 Å². The van der Waals surface area contributed by atoms with Gasteiger partial charge in [0.2, 0.25) is 0 Å². The van der Waals surface area contributed by atoms with E-state index in [2.05, 4.69) is 23.0 Å². The Bertz CT molecular complexity index is 683. The molecule has 0 unspecified atom stereocenters. The van der Waals surface area contributed by atoms with Crippen molar-refractivity contribution in [1.82, 2.24) is 4.57 Å². The molecule has 0 N–H and O–H groups in total. The van der Waals surface area contributed by atoms with Gasteiger partial charge in [0.1, 0.15) is 5.82 Å². The van der Waals surface area contributed by atoms with Crippen LogP contribution in [0, 0.1) is 17.1 Å². The van der Waals surface area contributed by atoms with E-state index in [-0.39, 0.29) is 5.82 Å². The van der Waals surface area contributed by atoms with E-state index in [9.17, 15) is 9.65 Å². The van der Waals surface area contributed by atoms with Crippen molar-refractivity contribution in [3.63, 3.8) is 0 Å². The van der Waals surface area contributed by atoms with Gasteiger partial charge in [-0.1, -0.05) is 25.0 Å². The van der Waals surface area contributed by atoms with Gasteiger partial charge in [-0.25, -0.2) is 4.39 Å². The maximum atomic E-state index is 13.0. The Labute approximate surface area is 124 Å². The molecule has 3 rings (SSSR count). The molecule has 1 aliphatic carbocycles. The van der Waals surface area contributed by atoms with Crippen molar-refractivity contribution in [3.8, 4) is 6.07 Å². The summed E-state index contributed by atoms with van der Waals surface area (Å²) in [4.78, 5) is 0. The smallest absolute Gasteiger partial charge is 0.123 e. The Kier molecular flexibility index (Phi) is 3.87. The largest absolute Gasteiger partial charge is 0.351 e. The lowest BCUT2D eigenvalue weighted by Crippen LogP contribution is -2.00. The second-order valence-electron chi connectivity index (χ2n) is 5.51. The van der Waals surface area contributed by atoms with Crippen LogP contribution in [-0.4, -0.2) is 4.57 Å². The molecule has 1 fully saturated rings. The molecule has 106 valence electrons. The van der Waals surface area contributed by atoms with Gasteiger partial charge in [0, 0.05) is 18.4 Å². The first-order chi connectivity index (χ1) is 10.3. The van der Waals surface area contributed by atoms with Crippen molar-refractivity contribution in [2.75, 3.05) is 0 Å². The number of nitrogens with zero attached hydrogens (tertiary/aromatic N) is 2. The zero-order valence-corrected chi connectivity index (χ0v) is 11.8. The average Bonchev–Trinajstić information content (AvgIpc) is 3.17. The minimum Gasteiger partial charge on any atom is -0.351 e. The number of halogens is 1. The lowest BCUT2D eigenvalue weighted by atomic mass is 10.1. The van der Waals surface area contributed by atoms with Crippen molar-refractivity contribution in [1.29, 1.82) is 5.26 Å². The lowest BCUT2D eigenvalue weighted by Gasteiger charge is -2.10. The number of hydrogen-bond acceptors (Lipinski definition) is 1. The molecular formula is C18H17FN2. The molecular weight excluding hydrogens is 263 g/mol. The molecule has 1 aromatic heterocycles. The summed E-state index contributed by atoms with van der Waals surface area (Å²) in [6, 6.07) is 10.9. The van der Waals surface area contributed by atoms with Crippen LogP contribution in [-0.2, 0) is 0 Å². The first-order valence-electron chi connectivity index (χ1n) is 7.31. The molecule has 0 amide bonds. The molecule has 1 aliphatic rings. The molecule has 0 atom stereocenters. The Morgan fingerprint density at radius 3 is 2.57 bits per heavy atom. The first kappa shape index (κ1) is 13.6. The number of benzene rings is 1. The van der Waals surface area contributed by atoms with Gasteiger partial charge >= 0.3 is 0 Å². The molecule has 1 saturated carbocycles. The maximum absolute atomic E-state index is 13.0. The van der Waals surface area contributed by atoms with Crippen molar-refractivity contribution >= 4 is 11.6 Å². The summed E-state index contributed by atoms with van der Waals surface area (Å²) >= 11 is 0. The molecule has 0 aliphatic heterocycles. The normalized spacial score (nSPS) is 16.1. The molecule has 1 heterocycles. The van der Waals surface area contributed by atoms with Crippen LogP contribution in [0.5, 0.6) is 0 Å². The van der Waals surface area contributed by atoms with E-state index in [0.717, 1.165) is 11.1 Å². The highest BCUT2D eigenvalue weighted by Gasteiger charge is 2.16. The Morgan fingerprint density at radius 2 is 1.90 bits per heavy atom. The zero-order valence-electron chi connectivity index (χ0n) is 11.8. The third kappa shape index (κ3) is 3.05. The fourth-order valence-electron chi connectivity index (χ4n) is 2.92. The van der Waals surface area contributed by atoms with E-state index in [0.29, 0.717) is 11.6 Å². The fraction of sp³-hybridized carbons (Fsp3) is 0.278. The molecule has 0 saturated heterocycles. The molecule has 1 aromatic carbocycles. The minimum absolute atomic E-state index is 0.288. The summed E-state index contributed by atoms with van der Waals surface area (Å²) in [5, 5.41) is 9.31. The number of hydrogen-bond donors (Lipinski definition) is 0. The van der Waals surface area contributed by atoms with Crippen molar-refractivity contribution in [2.45, 2.75) is 31.7 Å². The van der Waals surface area contributed by atoms with Crippen LogP contribution in [0.4, 0.5) is 4.39 Å². The number of allylic oxidation sites excluding steroid dienone is 1. The molecule has 0 bridgehead atoms. The van der Waals surface area contributed by atoms with E-state index in [1.165, 1.54) is 37.8 Å². The SMILES string of the molecule is N#C/C(=C\c1ccn(C2CCCC2)c1)c1ccc(F)cc1. The predicted molar refractivity (Wildman–Crippen MR) is 81.8 cm³/mol. The zero-order chi connectivity index (χ0) is 14.7. The Hall–Kier alpha value is -2.34. The lowest BCUT2D eigenvalue weighted by molar-refractivity contribution is 0.521. The van der Waals surface area contributed by atoms with Gasteiger partial charge in [-0.3, -0.25) is 0 Å². The van der Waals surface area contributed by atoms with Gasteiger partial charge in [-0.05, 0) is 48.2 Å². The highest BCUT2D eigenvalue weighted by Crippen LogP contribution is 2.30. The minimum atomic E-state index is -0.288. The second-order valence-corrected chi connectivity index (χ2v) is 5.51. The van der Waals surface area contributed by atoms with Crippen molar-refractivity contribution in [2.24, 2.45) is 0 Å². The third-order valence-electron chi connectivity index (χ3n) is 4.07. The Balaban J connectivity index is 1.85. The predicted octanol–water partition coefficient (Wildman–Crippen LogP) is 4.81. The number of aromatic nitrogens is 1. The summed E-state index contributed by atoms with van der Waals surface area (Å²) < 4.78 is 15.2. The van der Waals surface area contributed by atoms with Gasteiger partial charge in [0.25, 0.3) is 0 Å². The van der Waals surface area contributed by atoms with Gasteiger partial charge in [-0.15, -0.1) is 0 Å². The summed E-state index contributed by atoms with van der Waals surface area (Å²) in [5.74, 6) is -0.288. The molecule has 0 spiro atoms. The molecule has 21 heavy (non-hydrogen) atoms. The summed E-state index contributed by atoms with van der Waals surface area (Å²) in [6.45, 7) is 0. The quantitative estimate of drug-likeness (QED) is 0.742. The first-order valence-corrected chi connectivity index (χ1v) is 7.31. The maximum Gasteiger partial charge on any atom is 0.123 e. The van der Waals surface area contributed by atoms with Crippen LogP contribution in [0.1, 0.15) is 42.9 Å². The highest BCUT2D eigenvalue weighted by molar-refractivity contribution is 5.89. The van der Waals surface area contributed by atoms with E-state index >= 15 is 0 Å². The van der Waals surface area contributed by atoms with Gasteiger partial charge in [0.15, 0.2) is 0 Å². The molecule has 0 radical (unpaired) electrons. The monoisotopic (exact) mass is 280 g/mol. The summed E-state index contributed by atoms with van der Waals surface area (Å²) in [7, 11) is 0. The van der Waals surface area contributed by atoms with Crippen LogP contribution in [0.25, 0.3) is 11.6 Å². The number of nitriles is 1. The summed E-state index contributed by atoms with van der Waals surface area (Å²) in [5.41, 5.74) is 2.31. The van der Waals surface area contributed by atoms with Crippen LogP contribution >= 0.6 is 0 Å². The molecule has 3 heteroatoms. The van der Waals surface area contributed by atoms with E-state index in [4.69, 9.17) is 0 Å². The van der Waals surface area contributed by atoms with Gasteiger partial charge in [-0.2, -0.15) is 5.26 Å².